The van der Waals surface area contributed by atoms with Gasteiger partial charge in [0.15, 0.2) is 5.82 Å². The highest BCUT2D eigenvalue weighted by Gasteiger charge is 2.36. The van der Waals surface area contributed by atoms with Crippen LogP contribution < -0.4 is 22.6 Å². The van der Waals surface area contributed by atoms with E-state index in [4.69, 9.17) is 11.5 Å². The van der Waals surface area contributed by atoms with E-state index in [-0.39, 0.29) is 22.2 Å². The maximum atomic E-state index is 14.6. The van der Waals surface area contributed by atoms with Crippen molar-refractivity contribution in [3.05, 3.63) is 74.2 Å². The number of nitrogens with one attached hydrogen (secondary N) is 1. The Balaban J connectivity index is 0.000000307. The molecule has 0 aliphatic rings. The van der Waals surface area contributed by atoms with Crippen molar-refractivity contribution in [3.63, 3.8) is 0 Å². The standard InChI is InChI=1S/C19H18F4N4O.C5H4F3N3O/c1-2-3-4-5-27-9-15(21)10-6-12(14(20)7-11(10)19(27)28)18-25-8-13(16(22)23)17(24)26-18;6-5(7,8)3-2(9)1-10-11-4(3)12/h6-9,16H,2-5H2,1H3,(H2,24,25,26);1H,(H3,9,11,12). The minimum Gasteiger partial charge on any atom is -0.397 e. The van der Waals surface area contributed by atoms with Gasteiger partial charge in [0.05, 0.1) is 28.4 Å². The zero-order valence-corrected chi connectivity index (χ0v) is 20.7. The van der Waals surface area contributed by atoms with Crippen molar-refractivity contribution in [1.82, 2.24) is 24.7 Å². The highest BCUT2D eigenvalue weighted by atomic mass is 19.4. The lowest BCUT2D eigenvalue weighted by Gasteiger charge is -2.11. The zero-order chi connectivity index (χ0) is 29.8. The fraction of sp³-hybridized carbons (Fsp3) is 0.292. The average Bonchev–Trinajstić information content (AvgIpc) is 2.86. The molecule has 0 atom stereocenters. The van der Waals surface area contributed by atoms with E-state index in [0.717, 1.165) is 43.6 Å². The second kappa shape index (κ2) is 12.1. The van der Waals surface area contributed by atoms with Crippen LogP contribution in [0.5, 0.6) is 0 Å². The van der Waals surface area contributed by atoms with Crippen molar-refractivity contribution in [1.29, 1.82) is 0 Å². The molecular weight excluding hydrogens is 551 g/mol. The van der Waals surface area contributed by atoms with Crippen LogP contribution in [0.15, 0.2) is 40.3 Å². The van der Waals surface area contributed by atoms with Crippen LogP contribution in [0.1, 0.15) is 43.7 Å². The molecule has 0 unspecified atom stereocenters. The van der Waals surface area contributed by atoms with E-state index in [1.165, 1.54) is 4.57 Å². The third-order valence-electron chi connectivity index (χ3n) is 5.62. The molecule has 0 bridgehead atoms. The van der Waals surface area contributed by atoms with Crippen molar-refractivity contribution in [3.8, 4) is 11.4 Å². The van der Waals surface area contributed by atoms with Crippen molar-refractivity contribution in [2.75, 3.05) is 11.5 Å². The molecule has 40 heavy (non-hydrogen) atoms. The molecule has 0 aliphatic heterocycles. The molecule has 214 valence electrons. The lowest BCUT2D eigenvalue weighted by molar-refractivity contribution is -0.138. The minimum absolute atomic E-state index is 0.103. The van der Waals surface area contributed by atoms with Crippen LogP contribution in [0, 0.1) is 11.6 Å². The van der Waals surface area contributed by atoms with E-state index in [9.17, 15) is 40.3 Å². The average molecular weight is 573 g/mol. The summed E-state index contributed by atoms with van der Waals surface area (Å²) in [5, 5.41) is 4.52. The fourth-order valence-corrected chi connectivity index (χ4v) is 3.64. The van der Waals surface area contributed by atoms with Gasteiger partial charge < -0.3 is 16.0 Å². The van der Waals surface area contributed by atoms with E-state index >= 15 is 0 Å². The molecule has 9 nitrogen and oxygen atoms in total. The zero-order valence-electron chi connectivity index (χ0n) is 20.7. The maximum Gasteiger partial charge on any atom is 0.423 e. The number of hydrogen-bond donors (Lipinski definition) is 3. The summed E-state index contributed by atoms with van der Waals surface area (Å²) >= 11 is 0. The summed E-state index contributed by atoms with van der Waals surface area (Å²) in [5.74, 6) is -2.34. The molecule has 0 spiro atoms. The van der Waals surface area contributed by atoms with Crippen molar-refractivity contribution < 1.29 is 30.7 Å². The van der Waals surface area contributed by atoms with Gasteiger partial charge in [-0.25, -0.2) is 32.6 Å². The predicted molar refractivity (Wildman–Crippen MR) is 132 cm³/mol. The minimum atomic E-state index is -4.74. The number of rotatable bonds is 6. The van der Waals surface area contributed by atoms with Gasteiger partial charge in [0, 0.05) is 24.3 Å². The summed E-state index contributed by atoms with van der Waals surface area (Å²) in [4.78, 5) is 30.5. The van der Waals surface area contributed by atoms with Crippen LogP contribution in [0.25, 0.3) is 22.2 Å². The van der Waals surface area contributed by atoms with Crippen molar-refractivity contribution >= 4 is 22.3 Å². The molecule has 0 radical (unpaired) electrons. The number of benzene rings is 1. The molecular formula is C24H22F7N7O2. The van der Waals surface area contributed by atoms with E-state index in [0.29, 0.717) is 13.0 Å². The van der Waals surface area contributed by atoms with Crippen LogP contribution in [-0.2, 0) is 12.7 Å². The monoisotopic (exact) mass is 573 g/mol. The van der Waals surface area contributed by atoms with E-state index in [1.807, 2.05) is 6.92 Å². The Bertz CT molecular complexity index is 1640. The Hall–Kier alpha value is -4.50. The number of hydrogen-bond acceptors (Lipinski definition) is 7. The molecule has 0 saturated carbocycles. The van der Waals surface area contributed by atoms with Gasteiger partial charge in [-0.05, 0) is 18.6 Å². The molecule has 4 rings (SSSR count). The second-order valence-electron chi connectivity index (χ2n) is 8.42. The Morgan fingerprint density at radius 2 is 1.73 bits per heavy atom. The molecule has 1 aromatic carbocycles. The third kappa shape index (κ3) is 6.55. The number of unbranched alkanes of at least 4 members (excludes halogenated alkanes) is 2. The summed E-state index contributed by atoms with van der Waals surface area (Å²) in [7, 11) is 0. The number of anilines is 2. The molecule has 0 amide bonds. The van der Waals surface area contributed by atoms with Gasteiger partial charge in [-0.15, -0.1) is 0 Å². The quantitative estimate of drug-likeness (QED) is 0.222. The summed E-state index contributed by atoms with van der Waals surface area (Å²) < 4.78 is 91.9. The number of halogens is 7. The highest BCUT2D eigenvalue weighted by molar-refractivity contribution is 5.86. The molecule has 0 fully saturated rings. The van der Waals surface area contributed by atoms with Crippen LogP contribution in [-0.4, -0.2) is 24.7 Å². The summed E-state index contributed by atoms with van der Waals surface area (Å²) in [6.45, 7) is 2.33. The molecule has 16 heteroatoms. The lowest BCUT2D eigenvalue weighted by atomic mass is 10.1. The number of fused-ring (bicyclic) bond motifs is 1. The topological polar surface area (TPSA) is 146 Å². The number of nitrogen functional groups attached to an aromatic ring is 2. The van der Waals surface area contributed by atoms with Gasteiger partial charge in [0.25, 0.3) is 17.5 Å². The van der Waals surface area contributed by atoms with Gasteiger partial charge in [-0.2, -0.15) is 18.3 Å². The Labute approximate surface area is 220 Å². The summed E-state index contributed by atoms with van der Waals surface area (Å²) in [5.41, 5.74) is 5.65. The largest absolute Gasteiger partial charge is 0.423 e. The molecule has 0 saturated heterocycles. The van der Waals surface area contributed by atoms with Crippen LogP contribution >= 0.6 is 0 Å². The van der Waals surface area contributed by atoms with Crippen molar-refractivity contribution in [2.24, 2.45) is 0 Å². The first-order valence-electron chi connectivity index (χ1n) is 11.6. The van der Waals surface area contributed by atoms with Gasteiger partial charge in [-0.3, -0.25) is 9.59 Å². The molecule has 3 aromatic heterocycles. The first-order chi connectivity index (χ1) is 18.8. The highest BCUT2D eigenvalue weighted by Crippen LogP contribution is 2.30. The molecule has 3 heterocycles. The van der Waals surface area contributed by atoms with Crippen molar-refractivity contribution in [2.45, 2.75) is 45.3 Å². The van der Waals surface area contributed by atoms with Gasteiger partial charge >= 0.3 is 6.18 Å². The normalized spacial score (nSPS) is 11.5. The lowest BCUT2D eigenvalue weighted by Crippen LogP contribution is -2.24. The Morgan fingerprint density at radius 1 is 1.02 bits per heavy atom. The number of aromatic amines is 1. The summed E-state index contributed by atoms with van der Waals surface area (Å²) in [6, 6.07) is 2.00. The third-order valence-corrected chi connectivity index (χ3v) is 5.62. The van der Waals surface area contributed by atoms with Gasteiger partial charge in [0.1, 0.15) is 23.0 Å². The van der Waals surface area contributed by atoms with Gasteiger partial charge in [-0.1, -0.05) is 19.8 Å². The number of nitrogens with two attached hydrogens (primary N) is 2. The van der Waals surface area contributed by atoms with Crippen LogP contribution in [0.2, 0.25) is 0 Å². The number of aromatic nitrogens is 5. The smallest absolute Gasteiger partial charge is 0.397 e. The first-order valence-corrected chi connectivity index (χ1v) is 11.6. The molecule has 5 N–H and O–H groups in total. The Morgan fingerprint density at radius 3 is 2.27 bits per heavy atom. The van der Waals surface area contributed by atoms with Gasteiger partial charge in [0.2, 0.25) is 0 Å². The van der Waals surface area contributed by atoms with Crippen LogP contribution in [0.4, 0.5) is 42.2 Å². The Kier molecular flexibility index (Phi) is 9.11. The molecule has 0 aliphatic carbocycles. The number of H-pyrrole nitrogens is 1. The van der Waals surface area contributed by atoms with E-state index < -0.39 is 58.0 Å². The first kappa shape index (κ1) is 30.0. The maximum absolute atomic E-state index is 14.6. The fourth-order valence-electron chi connectivity index (χ4n) is 3.64. The van der Waals surface area contributed by atoms with E-state index in [1.54, 1.807) is 5.10 Å². The second-order valence-corrected chi connectivity index (χ2v) is 8.42. The number of aryl methyl sites for hydroxylation is 1. The van der Waals surface area contributed by atoms with Crippen LogP contribution in [0.3, 0.4) is 0 Å². The summed E-state index contributed by atoms with van der Waals surface area (Å²) in [6.07, 6.45) is -2.47. The predicted octanol–water partition coefficient (Wildman–Crippen LogP) is 4.82. The van der Waals surface area contributed by atoms with E-state index in [2.05, 4.69) is 15.1 Å². The number of nitrogens with zero attached hydrogens (tertiary/aromatic N) is 4. The number of alkyl halides is 5. The molecule has 4 aromatic rings. The SMILES string of the molecule is CCCCCn1cc(F)c2cc(-c3ncc(C(F)F)c(N)n3)c(F)cc2c1=O.Nc1cn[nH]c(=O)c1C(F)(F)F. The number of pyridine rings is 1.